The molecule has 3 nitrogen and oxygen atoms in total. The molecular formula is C9H11BrN2O. The Balaban J connectivity index is 2.77. The number of pyridine rings is 1. The lowest BCUT2D eigenvalue weighted by atomic mass is 10.2. The zero-order chi connectivity index (χ0) is 9.84. The van der Waals surface area contributed by atoms with Crippen molar-refractivity contribution >= 4 is 21.7 Å². The quantitative estimate of drug-likeness (QED) is 0.597. The fourth-order valence-corrected chi connectivity index (χ4v) is 1.32. The number of carbonyl (C=O) groups is 1. The summed E-state index contributed by atoms with van der Waals surface area (Å²) in [5, 5.41) is 0. The van der Waals surface area contributed by atoms with Crippen molar-refractivity contribution in [1.82, 2.24) is 9.88 Å². The third-order valence-electron chi connectivity index (χ3n) is 1.51. The van der Waals surface area contributed by atoms with Crippen LogP contribution in [0.3, 0.4) is 0 Å². The Labute approximate surface area is 85.9 Å². The maximum atomic E-state index is 11.5. The maximum absolute atomic E-state index is 11.5. The average molecular weight is 243 g/mol. The van der Waals surface area contributed by atoms with Gasteiger partial charge in [-0.15, -0.1) is 0 Å². The second-order valence-corrected chi connectivity index (χ2v) is 3.84. The molecule has 0 aliphatic carbocycles. The molecule has 1 rings (SSSR count). The van der Waals surface area contributed by atoms with E-state index in [9.17, 15) is 4.79 Å². The molecular weight excluding hydrogens is 232 g/mol. The monoisotopic (exact) mass is 242 g/mol. The maximum Gasteiger partial charge on any atom is 0.176 e. The topological polar surface area (TPSA) is 33.2 Å². The van der Waals surface area contributed by atoms with Gasteiger partial charge < -0.3 is 4.90 Å². The van der Waals surface area contributed by atoms with Crippen molar-refractivity contribution in [1.29, 1.82) is 0 Å². The fraction of sp³-hybridized carbons (Fsp3) is 0.333. The third kappa shape index (κ3) is 3.24. The van der Waals surface area contributed by atoms with Gasteiger partial charge in [-0.3, -0.25) is 4.79 Å². The number of hydrogen-bond donors (Lipinski definition) is 0. The second kappa shape index (κ2) is 4.48. The van der Waals surface area contributed by atoms with E-state index in [0.29, 0.717) is 16.7 Å². The van der Waals surface area contributed by atoms with E-state index in [1.54, 1.807) is 18.3 Å². The van der Waals surface area contributed by atoms with Crippen LogP contribution in [0, 0.1) is 0 Å². The minimum absolute atomic E-state index is 0.105. The van der Waals surface area contributed by atoms with Crippen LogP contribution in [-0.4, -0.2) is 36.3 Å². The van der Waals surface area contributed by atoms with Crippen LogP contribution in [0.4, 0.5) is 0 Å². The van der Waals surface area contributed by atoms with E-state index in [2.05, 4.69) is 20.9 Å². The lowest BCUT2D eigenvalue weighted by molar-refractivity contribution is 0.0957. The van der Waals surface area contributed by atoms with Crippen LogP contribution in [0.1, 0.15) is 10.4 Å². The molecule has 0 amide bonds. The van der Waals surface area contributed by atoms with Crippen molar-refractivity contribution in [3.63, 3.8) is 0 Å². The summed E-state index contributed by atoms with van der Waals surface area (Å²) in [5.74, 6) is 0.105. The molecule has 0 radical (unpaired) electrons. The molecule has 13 heavy (non-hydrogen) atoms. The number of Topliss-reactive ketones (excluding diaryl/α,β-unsaturated/α-hetero) is 1. The Hall–Kier alpha value is -0.740. The number of hydrogen-bond acceptors (Lipinski definition) is 3. The van der Waals surface area contributed by atoms with Crippen LogP contribution >= 0.6 is 15.9 Å². The fourth-order valence-electron chi connectivity index (χ4n) is 0.954. The van der Waals surface area contributed by atoms with Crippen LogP contribution in [-0.2, 0) is 0 Å². The molecule has 1 aromatic rings. The number of ketones is 1. The third-order valence-corrected chi connectivity index (χ3v) is 1.94. The van der Waals surface area contributed by atoms with E-state index in [0.717, 1.165) is 0 Å². The SMILES string of the molecule is CN(C)CC(=O)c1ccnc(Br)c1. The number of aromatic nitrogens is 1. The van der Waals surface area contributed by atoms with Crippen molar-refractivity contribution in [2.75, 3.05) is 20.6 Å². The largest absolute Gasteiger partial charge is 0.302 e. The highest BCUT2D eigenvalue weighted by Crippen LogP contribution is 2.08. The first-order valence-corrected chi connectivity index (χ1v) is 4.68. The molecule has 0 saturated carbocycles. The van der Waals surface area contributed by atoms with Gasteiger partial charge in [0.15, 0.2) is 5.78 Å². The Morgan fingerprint density at radius 3 is 2.85 bits per heavy atom. The molecule has 70 valence electrons. The Kier molecular flexibility index (Phi) is 3.57. The zero-order valence-corrected chi connectivity index (χ0v) is 9.21. The summed E-state index contributed by atoms with van der Waals surface area (Å²) in [6.07, 6.45) is 1.62. The summed E-state index contributed by atoms with van der Waals surface area (Å²) in [6.45, 7) is 0.427. The van der Waals surface area contributed by atoms with E-state index in [4.69, 9.17) is 0 Å². The summed E-state index contributed by atoms with van der Waals surface area (Å²) < 4.78 is 0.692. The Morgan fingerprint density at radius 2 is 2.31 bits per heavy atom. The Morgan fingerprint density at radius 1 is 1.62 bits per heavy atom. The summed E-state index contributed by atoms with van der Waals surface area (Å²) in [4.78, 5) is 17.3. The van der Waals surface area contributed by atoms with Crippen LogP contribution in [0.5, 0.6) is 0 Å². The highest BCUT2D eigenvalue weighted by molar-refractivity contribution is 9.10. The predicted molar refractivity (Wildman–Crippen MR) is 54.8 cm³/mol. The molecule has 0 unspecified atom stereocenters. The smallest absolute Gasteiger partial charge is 0.176 e. The van der Waals surface area contributed by atoms with Gasteiger partial charge >= 0.3 is 0 Å². The molecule has 0 aliphatic rings. The average Bonchev–Trinajstić information content (AvgIpc) is 2.03. The molecule has 0 spiro atoms. The molecule has 1 heterocycles. The molecule has 0 bridgehead atoms. The number of carbonyl (C=O) groups excluding carboxylic acids is 1. The van der Waals surface area contributed by atoms with Crippen LogP contribution < -0.4 is 0 Å². The van der Waals surface area contributed by atoms with Crippen molar-refractivity contribution in [2.45, 2.75) is 0 Å². The number of likely N-dealkylation sites (N-methyl/N-ethyl adjacent to an activating group) is 1. The molecule has 0 atom stereocenters. The normalized spacial score (nSPS) is 10.5. The van der Waals surface area contributed by atoms with Gasteiger partial charge in [0, 0.05) is 11.8 Å². The van der Waals surface area contributed by atoms with Crippen LogP contribution in [0.2, 0.25) is 0 Å². The van der Waals surface area contributed by atoms with Gasteiger partial charge in [-0.05, 0) is 42.2 Å². The van der Waals surface area contributed by atoms with Crippen molar-refractivity contribution < 1.29 is 4.79 Å². The highest BCUT2D eigenvalue weighted by Gasteiger charge is 2.06. The van der Waals surface area contributed by atoms with Gasteiger partial charge in [-0.25, -0.2) is 4.98 Å². The molecule has 0 fully saturated rings. The Bertz CT molecular complexity index is 312. The van der Waals surface area contributed by atoms with Crippen molar-refractivity contribution in [2.24, 2.45) is 0 Å². The summed E-state index contributed by atoms with van der Waals surface area (Å²) in [6, 6.07) is 3.45. The number of rotatable bonds is 3. The molecule has 0 aliphatic heterocycles. The summed E-state index contributed by atoms with van der Waals surface area (Å²) in [5.41, 5.74) is 0.690. The minimum Gasteiger partial charge on any atom is -0.302 e. The van der Waals surface area contributed by atoms with E-state index in [1.165, 1.54) is 0 Å². The standard InChI is InChI=1S/C9H11BrN2O/c1-12(2)6-8(13)7-3-4-11-9(10)5-7/h3-5H,6H2,1-2H3. The number of nitrogens with zero attached hydrogens (tertiary/aromatic N) is 2. The van der Waals surface area contributed by atoms with Gasteiger partial charge in [0.2, 0.25) is 0 Å². The van der Waals surface area contributed by atoms with Gasteiger partial charge in [0.05, 0.1) is 6.54 Å². The zero-order valence-electron chi connectivity index (χ0n) is 7.62. The van der Waals surface area contributed by atoms with Crippen molar-refractivity contribution in [3.8, 4) is 0 Å². The highest BCUT2D eigenvalue weighted by atomic mass is 79.9. The van der Waals surface area contributed by atoms with Crippen LogP contribution in [0.25, 0.3) is 0 Å². The molecule has 4 heteroatoms. The van der Waals surface area contributed by atoms with E-state index in [1.807, 2.05) is 19.0 Å². The lowest BCUT2D eigenvalue weighted by Gasteiger charge is -2.07. The summed E-state index contributed by atoms with van der Waals surface area (Å²) >= 11 is 3.22. The van der Waals surface area contributed by atoms with E-state index >= 15 is 0 Å². The van der Waals surface area contributed by atoms with Gasteiger partial charge in [-0.2, -0.15) is 0 Å². The van der Waals surface area contributed by atoms with Gasteiger partial charge in [0.25, 0.3) is 0 Å². The first kappa shape index (κ1) is 10.3. The second-order valence-electron chi connectivity index (χ2n) is 3.03. The minimum atomic E-state index is 0.105. The first-order chi connectivity index (χ1) is 6.09. The van der Waals surface area contributed by atoms with E-state index < -0.39 is 0 Å². The van der Waals surface area contributed by atoms with E-state index in [-0.39, 0.29) is 5.78 Å². The van der Waals surface area contributed by atoms with Crippen molar-refractivity contribution in [3.05, 3.63) is 28.5 Å². The lowest BCUT2D eigenvalue weighted by Crippen LogP contribution is -2.21. The predicted octanol–water partition coefficient (Wildman–Crippen LogP) is 1.59. The summed E-state index contributed by atoms with van der Waals surface area (Å²) in [7, 11) is 3.74. The number of halogens is 1. The van der Waals surface area contributed by atoms with Gasteiger partial charge in [-0.1, -0.05) is 0 Å². The molecule has 0 aromatic carbocycles. The first-order valence-electron chi connectivity index (χ1n) is 3.89. The molecule has 0 N–H and O–H groups in total. The molecule has 0 saturated heterocycles. The van der Waals surface area contributed by atoms with Gasteiger partial charge in [0.1, 0.15) is 4.60 Å². The van der Waals surface area contributed by atoms with Crippen LogP contribution in [0.15, 0.2) is 22.9 Å². The molecule has 1 aromatic heterocycles.